The second-order valence-electron chi connectivity index (χ2n) is 7.04. The Hall–Kier alpha value is -1.68. The predicted molar refractivity (Wildman–Crippen MR) is 88.2 cm³/mol. The van der Waals surface area contributed by atoms with Gasteiger partial charge in [-0.2, -0.15) is 5.10 Å². The summed E-state index contributed by atoms with van der Waals surface area (Å²) in [7, 11) is 0. The van der Waals surface area contributed by atoms with Crippen LogP contribution in [0.2, 0.25) is 0 Å². The Morgan fingerprint density at radius 3 is 2.91 bits per heavy atom. The third kappa shape index (κ3) is 3.55. The van der Waals surface area contributed by atoms with Crippen molar-refractivity contribution in [3.05, 3.63) is 48.0 Å². The second-order valence-corrected chi connectivity index (χ2v) is 7.04. The lowest BCUT2D eigenvalue weighted by Gasteiger charge is -2.23. The van der Waals surface area contributed by atoms with E-state index in [1.165, 1.54) is 17.5 Å². The van der Waals surface area contributed by atoms with E-state index in [4.69, 9.17) is 0 Å². The summed E-state index contributed by atoms with van der Waals surface area (Å²) >= 11 is 0. The average Bonchev–Trinajstić information content (AvgIpc) is 3.06. The first-order valence-electron chi connectivity index (χ1n) is 8.27. The van der Waals surface area contributed by atoms with Crippen LogP contribution >= 0.6 is 0 Å². The van der Waals surface area contributed by atoms with Crippen molar-refractivity contribution >= 4 is 0 Å². The first-order chi connectivity index (χ1) is 10.6. The third-order valence-electron chi connectivity index (χ3n) is 4.31. The van der Waals surface area contributed by atoms with E-state index in [0.717, 1.165) is 25.6 Å². The Balaban J connectivity index is 1.71. The zero-order valence-corrected chi connectivity index (χ0v) is 13.8. The Kier molecular flexibility index (Phi) is 4.57. The van der Waals surface area contributed by atoms with E-state index in [0.29, 0.717) is 12.0 Å². The molecular weight excluding hydrogens is 272 g/mol. The van der Waals surface area contributed by atoms with E-state index in [2.05, 4.69) is 52.7 Å². The van der Waals surface area contributed by atoms with Crippen LogP contribution in [0.15, 0.2) is 36.9 Å². The van der Waals surface area contributed by atoms with Gasteiger partial charge in [0.2, 0.25) is 0 Å². The summed E-state index contributed by atoms with van der Waals surface area (Å²) < 4.78 is 2.07. The van der Waals surface area contributed by atoms with E-state index in [9.17, 15) is 0 Å². The highest BCUT2D eigenvalue weighted by Crippen LogP contribution is 2.35. The first-order valence-corrected chi connectivity index (χ1v) is 8.27. The molecule has 0 radical (unpaired) electrons. The highest BCUT2D eigenvalue weighted by molar-refractivity contribution is 5.17. The molecular formula is C18H26N4. The maximum Gasteiger partial charge on any atom is 0.0534 e. The molecule has 0 aromatic carbocycles. The molecule has 3 rings (SSSR count). The van der Waals surface area contributed by atoms with Crippen molar-refractivity contribution < 1.29 is 0 Å². The second kappa shape index (κ2) is 6.61. The summed E-state index contributed by atoms with van der Waals surface area (Å²) in [4.78, 5) is 6.86. The molecule has 2 aromatic heterocycles. The Bertz CT molecular complexity index is 590. The fraction of sp³-hybridized carbons (Fsp3) is 0.556. The molecule has 0 unspecified atom stereocenters. The highest BCUT2D eigenvalue weighted by atomic mass is 15.3. The first kappa shape index (κ1) is 15.2. The van der Waals surface area contributed by atoms with E-state index >= 15 is 0 Å². The van der Waals surface area contributed by atoms with Crippen molar-refractivity contribution in [2.75, 3.05) is 6.54 Å². The zero-order chi connectivity index (χ0) is 15.5. The molecule has 0 saturated carbocycles. The lowest BCUT2D eigenvalue weighted by molar-refractivity contribution is 0.245. The van der Waals surface area contributed by atoms with Gasteiger partial charge in [-0.15, -0.1) is 0 Å². The normalized spacial score (nSPS) is 22.5. The Labute approximate surface area is 133 Å². The number of hydrogen-bond donors (Lipinski definition) is 0. The van der Waals surface area contributed by atoms with Gasteiger partial charge < -0.3 is 0 Å². The maximum atomic E-state index is 4.49. The quantitative estimate of drug-likeness (QED) is 0.847. The highest BCUT2D eigenvalue weighted by Gasteiger charge is 2.30. The summed E-state index contributed by atoms with van der Waals surface area (Å²) in [6.07, 6.45) is 9.29. The van der Waals surface area contributed by atoms with Gasteiger partial charge in [-0.25, -0.2) is 0 Å². The van der Waals surface area contributed by atoms with Gasteiger partial charge >= 0.3 is 0 Å². The van der Waals surface area contributed by atoms with Gasteiger partial charge in [0.1, 0.15) is 0 Å². The molecule has 2 atom stereocenters. The molecule has 4 heteroatoms. The van der Waals surface area contributed by atoms with Crippen LogP contribution in [-0.4, -0.2) is 26.2 Å². The van der Waals surface area contributed by atoms with Crippen molar-refractivity contribution in [3.63, 3.8) is 0 Å². The van der Waals surface area contributed by atoms with Crippen molar-refractivity contribution in [1.29, 1.82) is 0 Å². The fourth-order valence-electron chi connectivity index (χ4n) is 3.42. The molecule has 0 bridgehead atoms. The number of hydrogen-bond acceptors (Lipinski definition) is 3. The Morgan fingerprint density at radius 2 is 2.18 bits per heavy atom. The minimum absolute atomic E-state index is 0.483. The van der Waals surface area contributed by atoms with Crippen LogP contribution in [0.25, 0.3) is 0 Å². The monoisotopic (exact) mass is 298 g/mol. The van der Waals surface area contributed by atoms with Crippen molar-refractivity contribution in [2.45, 2.75) is 46.3 Å². The molecule has 4 nitrogen and oxygen atoms in total. The Morgan fingerprint density at radius 1 is 1.32 bits per heavy atom. The van der Waals surface area contributed by atoms with Crippen molar-refractivity contribution in [1.82, 2.24) is 19.7 Å². The summed E-state index contributed by atoms with van der Waals surface area (Å²) in [5.74, 6) is 1.36. The summed E-state index contributed by atoms with van der Waals surface area (Å²) in [5, 5.41) is 4.49. The molecule has 2 aromatic rings. The maximum absolute atomic E-state index is 4.49. The minimum atomic E-state index is 0.483. The lowest BCUT2D eigenvalue weighted by atomic mass is 10.0. The van der Waals surface area contributed by atoms with E-state index in [-0.39, 0.29) is 0 Å². The van der Waals surface area contributed by atoms with Gasteiger partial charge in [0.05, 0.1) is 6.20 Å². The molecule has 1 aliphatic heterocycles. The number of pyridine rings is 1. The van der Waals surface area contributed by atoms with E-state index in [1.807, 2.05) is 24.7 Å². The molecule has 22 heavy (non-hydrogen) atoms. The van der Waals surface area contributed by atoms with Gasteiger partial charge in [-0.05, 0) is 29.9 Å². The summed E-state index contributed by atoms with van der Waals surface area (Å²) in [6.45, 7) is 9.90. The van der Waals surface area contributed by atoms with E-state index in [1.54, 1.807) is 0 Å². The molecule has 3 heterocycles. The van der Waals surface area contributed by atoms with Gasteiger partial charge in [0.15, 0.2) is 0 Å². The van der Waals surface area contributed by atoms with Gasteiger partial charge in [-0.3, -0.25) is 14.6 Å². The smallest absolute Gasteiger partial charge is 0.0534 e. The third-order valence-corrected chi connectivity index (χ3v) is 4.31. The zero-order valence-electron chi connectivity index (χ0n) is 13.8. The minimum Gasteiger partial charge on any atom is -0.292 e. The molecule has 1 saturated heterocycles. The molecule has 0 N–H and O–H groups in total. The topological polar surface area (TPSA) is 34.0 Å². The van der Waals surface area contributed by atoms with Crippen LogP contribution in [0.4, 0.5) is 0 Å². The van der Waals surface area contributed by atoms with E-state index < -0.39 is 0 Å². The van der Waals surface area contributed by atoms with Crippen LogP contribution in [-0.2, 0) is 13.1 Å². The number of likely N-dealkylation sites (tertiary alicyclic amines) is 1. The van der Waals surface area contributed by atoms with Crippen LogP contribution in [0, 0.1) is 11.8 Å². The summed E-state index contributed by atoms with van der Waals surface area (Å²) in [6, 6.07) is 4.72. The molecule has 0 spiro atoms. The SMILES string of the molecule is CC(C)Cn1cc(CN2C[C@@H](C)C[C@@H]2c2cccnc2)cn1. The van der Waals surface area contributed by atoms with Crippen LogP contribution < -0.4 is 0 Å². The van der Waals surface area contributed by atoms with Gasteiger partial charge in [0, 0.05) is 49.8 Å². The lowest BCUT2D eigenvalue weighted by Crippen LogP contribution is -2.23. The van der Waals surface area contributed by atoms with Gasteiger partial charge in [0.25, 0.3) is 0 Å². The number of nitrogens with zero attached hydrogens (tertiary/aromatic N) is 4. The van der Waals surface area contributed by atoms with Crippen molar-refractivity contribution in [2.24, 2.45) is 11.8 Å². The summed E-state index contributed by atoms with van der Waals surface area (Å²) in [5.41, 5.74) is 2.64. The molecule has 118 valence electrons. The fourth-order valence-corrected chi connectivity index (χ4v) is 3.42. The predicted octanol–water partition coefficient (Wildman–Crippen LogP) is 3.52. The van der Waals surface area contributed by atoms with Crippen LogP contribution in [0.1, 0.15) is 44.4 Å². The molecule has 0 aliphatic carbocycles. The molecule has 1 aliphatic rings. The van der Waals surface area contributed by atoms with Crippen LogP contribution in [0.5, 0.6) is 0 Å². The standard InChI is InChI=1S/C18H26N4/c1-14(2)10-22-13-16(8-20-22)12-21-11-15(3)7-18(21)17-5-4-6-19-9-17/h4-6,8-9,13-15,18H,7,10-12H2,1-3H3/t15-,18+/m0/s1. The number of aromatic nitrogens is 3. The van der Waals surface area contributed by atoms with Gasteiger partial charge in [-0.1, -0.05) is 26.8 Å². The number of rotatable bonds is 5. The molecule has 1 fully saturated rings. The largest absolute Gasteiger partial charge is 0.292 e. The van der Waals surface area contributed by atoms with Crippen molar-refractivity contribution in [3.8, 4) is 0 Å². The molecule has 0 amide bonds. The average molecular weight is 298 g/mol. The van der Waals surface area contributed by atoms with Crippen LogP contribution in [0.3, 0.4) is 0 Å².